The number of phenolic OH excluding ortho intramolecular Hbond substituents is 3. The zero-order valence-corrected chi connectivity index (χ0v) is 23.5. The largest absolute Gasteiger partial charge is 0.507 e. The van der Waals surface area contributed by atoms with Crippen LogP contribution >= 0.6 is 0 Å². The van der Waals surface area contributed by atoms with E-state index in [1.807, 2.05) is 0 Å². The van der Waals surface area contributed by atoms with Gasteiger partial charge in [-0.3, -0.25) is 9.59 Å². The van der Waals surface area contributed by atoms with Gasteiger partial charge in [0.25, 0.3) is 0 Å². The van der Waals surface area contributed by atoms with Crippen LogP contribution in [0.15, 0.2) is 60.7 Å². The van der Waals surface area contributed by atoms with Crippen LogP contribution in [0.25, 0.3) is 11.1 Å². The van der Waals surface area contributed by atoms with Crippen LogP contribution in [0, 0.1) is 0 Å². The van der Waals surface area contributed by atoms with Crippen molar-refractivity contribution < 1.29 is 48.6 Å². The number of hydrogen-bond acceptors (Lipinski definition) is 10. The molecule has 0 bridgehead atoms. The van der Waals surface area contributed by atoms with E-state index in [2.05, 4.69) is 0 Å². The fraction of sp³-hybridized carbons (Fsp3) is 0.212. The van der Waals surface area contributed by atoms with Gasteiger partial charge in [-0.05, 0) is 47.5 Å². The molecule has 0 fully saturated rings. The molecule has 220 valence electrons. The van der Waals surface area contributed by atoms with E-state index in [4.69, 9.17) is 23.7 Å². The highest BCUT2D eigenvalue weighted by Crippen LogP contribution is 2.49. The van der Waals surface area contributed by atoms with E-state index in [9.17, 15) is 24.9 Å². The summed E-state index contributed by atoms with van der Waals surface area (Å²) in [6, 6.07) is 16.0. The Bertz CT molecular complexity index is 1780. The summed E-state index contributed by atoms with van der Waals surface area (Å²) in [5.41, 5.74) is 2.35. The number of ketones is 2. The highest BCUT2D eigenvalue weighted by Gasteiger charge is 2.35. The summed E-state index contributed by atoms with van der Waals surface area (Å²) in [6.45, 7) is 0. The number of fused-ring (bicyclic) bond motifs is 2. The van der Waals surface area contributed by atoms with E-state index in [0.717, 1.165) is 0 Å². The van der Waals surface area contributed by atoms with Crippen molar-refractivity contribution in [2.24, 2.45) is 0 Å². The van der Waals surface area contributed by atoms with Gasteiger partial charge in [0.2, 0.25) is 0 Å². The second-order valence-corrected chi connectivity index (χ2v) is 10.2. The van der Waals surface area contributed by atoms with Crippen molar-refractivity contribution in [2.45, 2.75) is 25.0 Å². The number of ether oxygens (including phenoxy) is 5. The van der Waals surface area contributed by atoms with Crippen LogP contribution in [0.2, 0.25) is 0 Å². The van der Waals surface area contributed by atoms with E-state index in [0.29, 0.717) is 33.8 Å². The van der Waals surface area contributed by atoms with Crippen LogP contribution in [-0.2, 0) is 0 Å². The molecule has 0 saturated carbocycles. The standard InChI is InChI=1S/C33H28O10/c1-39-18-12-23(36)31-24(37)14-28(42-30(31)13-18)16-4-8-26(40-2)20(10-16)19-6-7-21(34)32-25(38)15-29(43-33(19)32)17-5-9-27(41-3)22(35)11-17/h4-13,28-29,34-36H,14-15H2,1-3H3/t28-,29-/m0/s1. The van der Waals surface area contributed by atoms with E-state index < -0.39 is 12.2 Å². The summed E-state index contributed by atoms with van der Waals surface area (Å²) in [7, 11) is 4.40. The molecule has 0 saturated heterocycles. The fourth-order valence-electron chi connectivity index (χ4n) is 5.58. The van der Waals surface area contributed by atoms with Gasteiger partial charge >= 0.3 is 0 Å². The van der Waals surface area contributed by atoms with E-state index >= 15 is 0 Å². The molecular formula is C33H28O10. The van der Waals surface area contributed by atoms with Crippen molar-refractivity contribution in [3.05, 3.63) is 82.9 Å². The summed E-state index contributed by atoms with van der Waals surface area (Å²) in [6.07, 6.45) is -1.52. The quantitative estimate of drug-likeness (QED) is 0.250. The van der Waals surface area contributed by atoms with Crippen molar-refractivity contribution in [1.82, 2.24) is 0 Å². The number of hydrogen-bond donors (Lipinski definition) is 3. The van der Waals surface area contributed by atoms with E-state index in [-0.39, 0.29) is 70.0 Å². The molecule has 0 radical (unpaired) electrons. The van der Waals surface area contributed by atoms with Gasteiger partial charge < -0.3 is 39.0 Å². The third-order valence-corrected chi connectivity index (χ3v) is 7.72. The molecule has 2 aliphatic rings. The molecule has 0 spiro atoms. The molecule has 2 aliphatic heterocycles. The Hall–Kier alpha value is -5.38. The summed E-state index contributed by atoms with van der Waals surface area (Å²) in [5.74, 6) is 0.299. The number of rotatable bonds is 6. The van der Waals surface area contributed by atoms with Crippen LogP contribution in [0.1, 0.15) is 56.9 Å². The lowest BCUT2D eigenvalue weighted by molar-refractivity contribution is 0.0834. The first-order valence-corrected chi connectivity index (χ1v) is 13.4. The molecule has 10 nitrogen and oxygen atoms in total. The Balaban J connectivity index is 1.42. The number of aromatic hydroxyl groups is 3. The zero-order chi connectivity index (χ0) is 30.4. The average Bonchev–Trinajstić information content (AvgIpc) is 3.00. The molecule has 6 rings (SSSR count). The van der Waals surface area contributed by atoms with Crippen LogP contribution in [0.4, 0.5) is 0 Å². The highest BCUT2D eigenvalue weighted by atomic mass is 16.5. The molecule has 0 unspecified atom stereocenters. The molecule has 4 aromatic rings. The second-order valence-electron chi connectivity index (χ2n) is 10.2. The number of methoxy groups -OCH3 is 3. The molecule has 2 heterocycles. The molecule has 2 atom stereocenters. The van der Waals surface area contributed by atoms with Gasteiger partial charge in [0, 0.05) is 23.3 Å². The Kier molecular flexibility index (Phi) is 6.97. The Morgan fingerprint density at radius 1 is 0.628 bits per heavy atom. The summed E-state index contributed by atoms with van der Waals surface area (Å²) in [4.78, 5) is 26.4. The monoisotopic (exact) mass is 584 g/mol. The lowest BCUT2D eigenvalue weighted by Crippen LogP contribution is -2.21. The van der Waals surface area contributed by atoms with E-state index in [1.165, 1.54) is 39.5 Å². The number of Topliss-reactive ketones (excluding diaryl/α,β-unsaturated/α-hetero) is 2. The topological polar surface area (TPSA) is 141 Å². The van der Waals surface area contributed by atoms with Crippen LogP contribution in [0.3, 0.4) is 0 Å². The molecule has 0 amide bonds. The maximum atomic E-state index is 13.3. The van der Waals surface area contributed by atoms with Crippen LogP contribution < -0.4 is 23.7 Å². The number of carbonyl (C=O) groups excluding carboxylic acids is 2. The average molecular weight is 585 g/mol. The minimum atomic E-state index is -0.745. The predicted octanol–water partition coefficient (Wildman–Crippen LogP) is 5.91. The number of benzene rings is 4. The van der Waals surface area contributed by atoms with Crippen molar-refractivity contribution in [2.75, 3.05) is 21.3 Å². The van der Waals surface area contributed by atoms with E-state index in [1.54, 1.807) is 42.5 Å². The Labute approximate surface area is 246 Å². The lowest BCUT2D eigenvalue weighted by Gasteiger charge is -2.29. The predicted molar refractivity (Wildman–Crippen MR) is 154 cm³/mol. The van der Waals surface area contributed by atoms with Gasteiger partial charge in [0.15, 0.2) is 23.1 Å². The molecule has 0 aliphatic carbocycles. The molecule has 43 heavy (non-hydrogen) atoms. The minimum absolute atomic E-state index is 0.0234. The van der Waals surface area contributed by atoms with Gasteiger partial charge in [-0.2, -0.15) is 0 Å². The first-order chi connectivity index (χ1) is 20.7. The summed E-state index contributed by atoms with van der Waals surface area (Å²) < 4.78 is 28.5. The van der Waals surface area contributed by atoms with Gasteiger partial charge in [-0.1, -0.05) is 12.1 Å². The first kappa shape index (κ1) is 27.8. The highest BCUT2D eigenvalue weighted by molar-refractivity contribution is 6.05. The molecule has 3 N–H and O–H groups in total. The Morgan fingerprint density at radius 3 is 1.95 bits per heavy atom. The third-order valence-electron chi connectivity index (χ3n) is 7.72. The summed E-state index contributed by atoms with van der Waals surface area (Å²) >= 11 is 0. The van der Waals surface area contributed by atoms with Crippen molar-refractivity contribution in [1.29, 1.82) is 0 Å². The van der Waals surface area contributed by atoms with Crippen LogP contribution in [-0.4, -0.2) is 48.2 Å². The van der Waals surface area contributed by atoms with Crippen molar-refractivity contribution in [3.8, 4) is 57.1 Å². The van der Waals surface area contributed by atoms with Gasteiger partial charge in [0.1, 0.15) is 57.8 Å². The van der Waals surface area contributed by atoms with Crippen molar-refractivity contribution in [3.63, 3.8) is 0 Å². The summed E-state index contributed by atoms with van der Waals surface area (Å²) in [5, 5.41) is 31.4. The second kappa shape index (κ2) is 10.8. The molecule has 10 heteroatoms. The third kappa shape index (κ3) is 4.80. The lowest BCUT2D eigenvalue weighted by atomic mass is 9.89. The first-order valence-electron chi connectivity index (χ1n) is 13.4. The molecule has 4 aromatic carbocycles. The van der Waals surface area contributed by atoms with Gasteiger partial charge in [-0.25, -0.2) is 0 Å². The van der Waals surface area contributed by atoms with Crippen LogP contribution in [0.5, 0.6) is 46.0 Å². The minimum Gasteiger partial charge on any atom is -0.507 e. The zero-order valence-electron chi connectivity index (χ0n) is 23.5. The maximum Gasteiger partial charge on any atom is 0.174 e. The van der Waals surface area contributed by atoms with Gasteiger partial charge in [0.05, 0.1) is 34.2 Å². The fourth-order valence-corrected chi connectivity index (χ4v) is 5.58. The number of carbonyl (C=O) groups is 2. The maximum absolute atomic E-state index is 13.3. The Morgan fingerprint density at radius 2 is 1.28 bits per heavy atom. The van der Waals surface area contributed by atoms with Crippen molar-refractivity contribution >= 4 is 11.6 Å². The smallest absolute Gasteiger partial charge is 0.174 e. The van der Waals surface area contributed by atoms with Gasteiger partial charge in [-0.15, -0.1) is 0 Å². The molecule has 0 aromatic heterocycles. The SMILES string of the molecule is COc1cc(O)c2c(c1)O[C@H](c1ccc(OC)c(-c3ccc(O)c4c3O[C@H](c3ccc(OC)c(O)c3)CC4=O)c1)CC2=O. The normalized spacial score (nSPS) is 17.3. The number of phenols is 3. The molecular weight excluding hydrogens is 556 g/mol.